The number of hydrogen-bond donors (Lipinski definition) is 0. The third-order valence-electron chi connectivity index (χ3n) is 3.70. The molecule has 1 saturated heterocycles. The van der Waals surface area contributed by atoms with Crippen molar-refractivity contribution in [2.24, 2.45) is 11.0 Å². The van der Waals surface area contributed by atoms with Gasteiger partial charge in [-0.2, -0.15) is 0 Å². The predicted octanol–water partition coefficient (Wildman–Crippen LogP) is 3.74. The number of esters is 1. The molecule has 0 spiro atoms. The molecule has 7 heteroatoms. The number of methoxy groups -OCH3 is 1. The lowest BCUT2D eigenvalue weighted by atomic mass is 9.97. The first-order chi connectivity index (χ1) is 10.9. The van der Waals surface area contributed by atoms with Gasteiger partial charge in [0.2, 0.25) is 0 Å². The highest BCUT2D eigenvalue weighted by Gasteiger charge is 2.39. The fraction of sp³-hybridized carbons (Fsp3) is 0.812. The maximum absolute atomic E-state index is 11.5. The molecule has 23 heavy (non-hydrogen) atoms. The Labute approximate surface area is 137 Å². The standard InChI is InChI=1S/C16H27N3O4/c1-5-6-7-12(10-15(20)21-4)8-9-13-14(11-18-19-17)23-16(2,3)22-13/h8-9,12-14H,5-7,10-11H2,1-4H3/t12-,13+,14?/m1/s1. The molecule has 7 nitrogen and oxygen atoms in total. The highest BCUT2D eigenvalue weighted by atomic mass is 16.7. The minimum Gasteiger partial charge on any atom is -0.469 e. The van der Waals surface area contributed by atoms with Crippen LogP contribution in [0.3, 0.4) is 0 Å². The number of carbonyl (C=O) groups excluding carboxylic acids is 1. The number of unbranched alkanes of at least 4 members (excludes halogenated alkanes) is 1. The molecular formula is C16H27N3O4. The summed E-state index contributed by atoms with van der Waals surface area (Å²) in [4.78, 5) is 14.3. The fourth-order valence-corrected chi connectivity index (χ4v) is 2.58. The summed E-state index contributed by atoms with van der Waals surface area (Å²) < 4.78 is 16.3. The summed E-state index contributed by atoms with van der Waals surface area (Å²) in [6.45, 7) is 5.98. The number of nitrogens with zero attached hydrogens (tertiary/aromatic N) is 3. The highest BCUT2D eigenvalue weighted by Crippen LogP contribution is 2.30. The molecule has 0 saturated carbocycles. The number of carbonyl (C=O) groups is 1. The molecule has 0 aromatic rings. The largest absolute Gasteiger partial charge is 0.469 e. The van der Waals surface area contributed by atoms with Crippen molar-refractivity contribution in [1.82, 2.24) is 0 Å². The molecule has 1 rings (SSSR count). The van der Waals surface area contributed by atoms with Crippen molar-refractivity contribution in [1.29, 1.82) is 0 Å². The summed E-state index contributed by atoms with van der Waals surface area (Å²) in [5.41, 5.74) is 8.48. The quantitative estimate of drug-likeness (QED) is 0.212. The van der Waals surface area contributed by atoms with Crippen molar-refractivity contribution in [3.63, 3.8) is 0 Å². The van der Waals surface area contributed by atoms with Crippen molar-refractivity contribution in [3.8, 4) is 0 Å². The van der Waals surface area contributed by atoms with Crippen LogP contribution in [0.4, 0.5) is 0 Å². The smallest absolute Gasteiger partial charge is 0.306 e. The van der Waals surface area contributed by atoms with Crippen LogP contribution in [0.25, 0.3) is 10.4 Å². The summed E-state index contributed by atoms with van der Waals surface area (Å²) in [6, 6.07) is 0. The lowest BCUT2D eigenvalue weighted by Crippen LogP contribution is -2.24. The molecule has 0 amide bonds. The van der Waals surface area contributed by atoms with E-state index in [2.05, 4.69) is 16.9 Å². The van der Waals surface area contributed by atoms with Gasteiger partial charge in [0, 0.05) is 4.91 Å². The fourth-order valence-electron chi connectivity index (χ4n) is 2.58. The summed E-state index contributed by atoms with van der Waals surface area (Å²) in [5.74, 6) is -0.827. The maximum Gasteiger partial charge on any atom is 0.306 e. The highest BCUT2D eigenvalue weighted by molar-refractivity contribution is 5.69. The van der Waals surface area contributed by atoms with Gasteiger partial charge in [0.1, 0.15) is 6.10 Å². The van der Waals surface area contributed by atoms with E-state index in [1.54, 1.807) is 0 Å². The molecule has 0 bridgehead atoms. The number of hydrogen-bond acceptors (Lipinski definition) is 5. The van der Waals surface area contributed by atoms with Crippen LogP contribution in [0.2, 0.25) is 0 Å². The second kappa shape index (κ2) is 9.55. The van der Waals surface area contributed by atoms with Crippen LogP contribution in [-0.2, 0) is 19.0 Å². The summed E-state index contributed by atoms with van der Waals surface area (Å²) >= 11 is 0. The third-order valence-corrected chi connectivity index (χ3v) is 3.70. The Morgan fingerprint density at radius 1 is 1.48 bits per heavy atom. The van der Waals surface area contributed by atoms with E-state index in [9.17, 15) is 4.79 Å². The van der Waals surface area contributed by atoms with Crippen molar-refractivity contribution >= 4 is 5.97 Å². The monoisotopic (exact) mass is 325 g/mol. The van der Waals surface area contributed by atoms with E-state index in [0.29, 0.717) is 6.42 Å². The molecule has 1 heterocycles. The molecule has 0 radical (unpaired) electrons. The molecule has 1 fully saturated rings. The Balaban J connectivity index is 2.74. The second-order valence-corrected chi connectivity index (χ2v) is 6.12. The van der Waals surface area contributed by atoms with Crippen LogP contribution in [0.15, 0.2) is 17.3 Å². The Bertz CT molecular complexity index is 458. The van der Waals surface area contributed by atoms with Gasteiger partial charge in [0.15, 0.2) is 5.79 Å². The lowest BCUT2D eigenvalue weighted by Gasteiger charge is -2.16. The summed E-state index contributed by atoms with van der Waals surface area (Å²) in [5, 5.41) is 3.58. The Hall–Kier alpha value is -1.56. The van der Waals surface area contributed by atoms with Crippen molar-refractivity contribution in [2.45, 2.75) is 64.4 Å². The normalized spacial score (nSPS) is 24.3. The van der Waals surface area contributed by atoms with E-state index >= 15 is 0 Å². The number of azide groups is 1. The number of rotatable bonds is 9. The molecule has 1 aliphatic heterocycles. The van der Waals surface area contributed by atoms with Gasteiger partial charge in [0.25, 0.3) is 0 Å². The van der Waals surface area contributed by atoms with E-state index < -0.39 is 5.79 Å². The van der Waals surface area contributed by atoms with Crippen molar-refractivity contribution in [3.05, 3.63) is 22.6 Å². The minimum absolute atomic E-state index is 0.106. The Morgan fingerprint density at radius 2 is 2.22 bits per heavy atom. The second-order valence-electron chi connectivity index (χ2n) is 6.12. The van der Waals surface area contributed by atoms with Gasteiger partial charge in [-0.25, -0.2) is 0 Å². The average Bonchev–Trinajstić information content (AvgIpc) is 2.81. The summed E-state index contributed by atoms with van der Waals surface area (Å²) in [7, 11) is 1.40. The molecule has 130 valence electrons. The molecule has 0 aromatic heterocycles. The van der Waals surface area contributed by atoms with E-state index in [0.717, 1.165) is 19.3 Å². The molecule has 0 aromatic carbocycles. The Morgan fingerprint density at radius 3 is 2.83 bits per heavy atom. The van der Waals surface area contributed by atoms with Gasteiger partial charge in [-0.15, -0.1) is 0 Å². The molecule has 0 aliphatic carbocycles. The zero-order valence-corrected chi connectivity index (χ0v) is 14.4. The van der Waals surface area contributed by atoms with Crippen molar-refractivity contribution < 1.29 is 19.0 Å². The lowest BCUT2D eigenvalue weighted by molar-refractivity contribution is -0.142. The topological polar surface area (TPSA) is 93.5 Å². The van der Waals surface area contributed by atoms with Gasteiger partial charge in [-0.1, -0.05) is 37.0 Å². The Kier molecular flexibility index (Phi) is 8.09. The number of allylic oxidation sites excluding steroid dienone is 1. The van der Waals surface area contributed by atoms with Crippen LogP contribution in [0.5, 0.6) is 0 Å². The van der Waals surface area contributed by atoms with E-state index in [4.69, 9.17) is 19.7 Å². The molecule has 0 N–H and O–H groups in total. The van der Waals surface area contributed by atoms with Crippen molar-refractivity contribution in [2.75, 3.05) is 13.7 Å². The van der Waals surface area contributed by atoms with E-state index in [-0.39, 0.29) is 30.6 Å². The zero-order chi connectivity index (χ0) is 17.3. The van der Waals surface area contributed by atoms with Gasteiger partial charge < -0.3 is 14.2 Å². The first kappa shape index (κ1) is 19.5. The molecular weight excluding hydrogens is 298 g/mol. The SMILES string of the molecule is CCCC[C@H](C=C[C@@H]1OC(C)(C)OC1CN=[N+]=[N-])CC(=O)OC. The molecule has 1 unspecified atom stereocenters. The zero-order valence-electron chi connectivity index (χ0n) is 14.4. The van der Waals surface area contributed by atoms with Crippen LogP contribution in [-0.4, -0.2) is 37.6 Å². The molecule has 1 aliphatic rings. The van der Waals surface area contributed by atoms with E-state index in [1.165, 1.54) is 7.11 Å². The first-order valence-electron chi connectivity index (χ1n) is 8.03. The van der Waals surface area contributed by atoms with E-state index in [1.807, 2.05) is 26.0 Å². The van der Waals surface area contributed by atoms with Gasteiger partial charge in [0.05, 0.1) is 26.2 Å². The van der Waals surface area contributed by atoms with Gasteiger partial charge in [-0.05, 0) is 31.7 Å². The van der Waals surface area contributed by atoms with Crippen LogP contribution < -0.4 is 0 Å². The third kappa shape index (κ3) is 7.03. The van der Waals surface area contributed by atoms with Crippen LogP contribution in [0, 0.1) is 5.92 Å². The summed E-state index contributed by atoms with van der Waals surface area (Å²) in [6.07, 6.45) is 6.67. The number of ether oxygens (including phenoxy) is 3. The first-order valence-corrected chi connectivity index (χ1v) is 8.03. The van der Waals surface area contributed by atoms with Gasteiger partial charge in [-0.3, -0.25) is 4.79 Å². The molecule has 3 atom stereocenters. The van der Waals surface area contributed by atoms with Gasteiger partial charge >= 0.3 is 5.97 Å². The average molecular weight is 325 g/mol. The predicted molar refractivity (Wildman–Crippen MR) is 86.6 cm³/mol. The maximum atomic E-state index is 11.5. The van der Waals surface area contributed by atoms with Crippen LogP contribution >= 0.6 is 0 Å². The minimum atomic E-state index is -0.716. The van der Waals surface area contributed by atoms with Crippen LogP contribution in [0.1, 0.15) is 46.5 Å².